The largest absolute Gasteiger partial charge is 0.821 e. The molecule has 0 atom stereocenters. The van der Waals surface area contributed by atoms with Gasteiger partial charge in [-0.15, -0.1) is 0 Å². The zero-order valence-corrected chi connectivity index (χ0v) is 5.71. The summed E-state index contributed by atoms with van der Waals surface area (Å²) in [7, 11) is 3.02. The highest BCUT2D eigenvalue weighted by molar-refractivity contribution is 7.79. The van der Waals surface area contributed by atoms with Crippen LogP contribution in [-0.4, -0.2) is 23.3 Å². The van der Waals surface area contributed by atoms with Gasteiger partial charge in [-0.2, -0.15) is 4.00 Å². The van der Waals surface area contributed by atoms with Crippen LogP contribution in [0.3, 0.4) is 0 Å². The monoisotopic (exact) mass is 139 g/mol. The third kappa shape index (κ3) is 2.79. The van der Waals surface area contributed by atoms with Gasteiger partial charge in [-0.3, -0.25) is 0 Å². The lowest BCUT2D eigenvalue weighted by atomic mass is 10.9. The summed E-state index contributed by atoms with van der Waals surface area (Å²) < 4.78 is -0.296. The van der Waals surface area contributed by atoms with Crippen LogP contribution in [0.1, 0.15) is 0 Å². The summed E-state index contributed by atoms with van der Waals surface area (Å²) in [5.74, 6) is 0. The Morgan fingerprint density at radius 2 is 1.86 bits per heavy atom. The number of hydrogen-bond donors (Lipinski definition) is 0. The molecule has 0 N–H and O–H groups in total. The van der Waals surface area contributed by atoms with E-state index in [9.17, 15) is 5.11 Å². The van der Waals surface area contributed by atoms with Crippen molar-refractivity contribution >= 4 is 29.2 Å². The maximum Gasteiger partial charge on any atom is 0.170 e. The maximum atomic E-state index is 10.1. The van der Waals surface area contributed by atoms with Crippen LogP contribution in [0.4, 0.5) is 0 Å². The zero-order chi connectivity index (χ0) is 6.08. The molecule has 0 aliphatic heterocycles. The summed E-state index contributed by atoms with van der Waals surface area (Å²) in [6.07, 6.45) is 0. The fraction of sp³-hybridized carbons (Fsp3) is 0.667. The zero-order valence-electron chi connectivity index (χ0n) is 4.14. The van der Waals surface area contributed by atoms with Crippen molar-refractivity contribution in [3.05, 3.63) is 0 Å². The van der Waals surface area contributed by atoms with E-state index in [1.165, 1.54) is 14.1 Å². The molecule has 0 aromatic heterocycles. The maximum absolute atomic E-state index is 10.1. The van der Waals surface area contributed by atoms with Crippen molar-refractivity contribution in [3.8, 4) is 0 Å². The summed E-state index contributed by atoms with van der Waals surface area (Å²) in [4.78, 5) is 0. The van der Waals surface area contributed by atoms with Crippen molar-refractivity contribution < 1.29 is 9.11 Å². The second-order valence-electron chi connectivity index (χ2n) is 1.58. The van der Waals surface area contributed by atoms with E-state index in [0.29, 0.717) is 0 Å². The van der Waals surface area contributed by atoms with Gasteiger partial charge in [0.2, 0.25) is 0 Å². The van der Waals surface area contributed by atoms with Gasteiger partial charge in [-0.25, -0.2) is 0 Å². The molecular weight excluding hydrogens is 134 g/mol. The van der Waals surface area contributed by atoms with Gasteiger partial charge in [0.05, 0.1) is 14.1 Å². The molecule has 0 rings (SSSR count). The van der Waals surface area contributed by atoms with Crippen molar-refractivity contribution in [1.82, 2.24) is 0 Å². The Labute approximate surface area is 53.0 Å². The van der Waals surface area contributed by atoms with Crippen LogP contribution < -0.4 is 5.11 Å². The first-order valence-corrected chi connectivity index (χ1v) is 2.44. The molecule has 0 bridgehead atoms. The molecule has 0 aliphatic carbocycles. The minimum atomic E-state index is -0.471. The van der Waals surface area contributed by atoms with Gasteiger partial charge < -0.3 is 5.11 Å². The highest BCUT2D eigenvalue weighted by Crippen LogP contribution is 1.99. The Morgan fingerprint density at radius 3 is 1.86 bits per heavy atom. The van der Waals surface area contributed by atoms with Crippen LogP contribution in [0.25, 0.3) is 0 Å². The van der Waals surface area contributed by atoms with Crippen LogP contribution in [0, 0.1) is 0 Å². The van der Waals surface area contributed by atoms with Crippen LogP contribution in [0.15, 0.2) is 0 Å². The molecule has 7 heavy (non-hydrogen) atoms. The topological polar surface area (TPSA) is 23.1 Å². The molecule has 0 saturated heterocycles. The summed E-state index contributed by atoms with van der Waals surface area (Å²) in [6, 6.07) is 0. The van der Waals surface area contributed by atoms with E-state index in [0.717, 1.165) is 0 Å². The van der Waals surface area contributed by atoms with Gasteiger partial charge in [0.1, 0.15) is 0 Å². The lowest BCUT2D eigenvalue weighted by Gasteiger charge is -2.20. The third-order valence-electron chi connectivity index (χ3n) is 0.434. The van der Waals surface area contributed by atoms with E-state index in [4.69, 9.17) is 11.8 Å². The predicted molar refractivity (Wildman–Crippen MR) is 30.6 cm³/mol. The Bertz CT molecular complexity index is 87.4. The van der Waals surface area contributed by atoms with Crippen molar-refractivity contribution in [2.24, 2.45) is 0 Å². The summed E-state index contributed by atoms with van der Waals surface area (Å²) >= 11 is 9.57. The van der Waals surface area contributed by atoms with Gasteiger partial charge in [0.15, 0.2) is 17.0 Å². The lowest BCUT2D eigenvalue weighted by Crippen LogP contribution is -2.42. The molecule has 2 nitrogen and oxygen atoms in total. The minimum Gasteiger partial charge on any atom is -0.821 e. The first-order valence-electron chi connectivity index (χ1n) is 1.70. The highest BCUT2D eigenvalue weighted by atomic mass is 35.5. The first kappa shape index (κ1) is 7.14. The average Bonchev–Trinajstić information content (AvgIpc) is 1.31. The van der Waals surface area contributed by atoms with Crippen molar-refractivity contribution in [3.63, 3.8) is 0 Å². The molecule has 0 heterocycles. The van der Waals surface area contributed by atoms with Gasteiger partial charge >= 0.3 is 0 Å². The summed E-state index contributed by atoms with van der Waals surface area (Å²) in [5.41, 5.74) is 0. The number of quaternary nitrogens is 1. The summed E-state index contributed by atoms with van der Waals surface area (Å²) in [5, 5.41) is 9.65. The van der Waals surface area contributed by atoms with Crippen LogP contribution in [-0.2, 0) is 0 Å². The molecule has 42 valence electrons. The van der Waals surface area contributed by atoms with Crippen LogP contribution in [0.5, 0.6) is 0 Å². The first-order chi connectivity index (χ1) is 2.94. The molecule has 0 saturated carbocycles. The Balaban J connectivity index is 3.79. The SMILES string of the molecule is C[N+](C)(Cl)C([O-])=S. The van der Waals surface area contributed by atoms with Crippen molar-refractivity contribution in [2.45, 2.75) is 0 Å². The number of hydrogen-bond acceptors (Lipinski definition) is 2. The average molecular weight is 140 g/mol. The Hall–Kier alpha value is 0.140. The van der Waals surface area contributed by atoms with Crippen molar-refractivity contribution in [1.29, 1.82) is 0 Å². The van der Waals surface area contributed by atoms with E-state index in [2.05, 4.69) is 12.2 Å². The van der Waals surface area contributed by atoms with E-state index in [-0.39, 0.29) is 4.00 Å². The number of halogens is 1. The molecule has 0 aliphatic rings. The van der Waals surface area contributed by atoms with Crippen molar-refractivity contribution in [2.75, 3.05) is 14.1 Å². The smallest absolute Gasteiger partial charge is 0.170 e. The number of thiocarbonyl (C=S) groups is 1. The predicted octanol–water partition coefficient (Wildman–Crippen LogP) is -0.138. The Morgan fingerprint density at radius 1 is 1.71 bits per heavy atom. The quantitative estimate of drug-likeness (QED) is 0.345. The van der Waals surface area contributed by atoms with Gasteiger partial charge in [-0.1, -0.05) is 0 Å². The molecule has 0 aromatic rings. The fourth-order valence-electron chi connectivity index (χ4n) is 0. The molecule has 0 amide bonds. The molecule has 0 radical (unpaired) electrons. The van der Waals surface area contributed by atoms with Crippen LogP contribution >= 0.6 is 24.0 Å². The third-order valence-corrected chi connectivity index (χ3v) is 1.14. The second-order valence-corrected chi connectivity index (χ2v) is 2.78. The van der Waals surface area contributed by atoms with E-state index in [1.54, 1.807) is 0 Å². The lowest BCUT2D eigenvalue weighted by molar-refractivity contribution is -0.706. The standard InChI is InChI=1S/C3H6ClNOS/c1-5(2,4)3(6)7/h1-2H3. The van der Waals surface area contributed by atoms with Crippen LogP contribution in [0.2, 0.25) is 0 Å². The number of rotatable bonds is 0. The summed E-state index contributed by atoms with van der Waals surface area (Å²) in [6.45, 7) is 0. The molecule has 0 spiro atoms. The second kappa shape index (κ2) is 1.94. The molecule has 0 unspecified atom stereocenters. The highest BCUT2D eigenvalue weighted by Gasteiger charge is 2.08. The number of nitrogens with zero attached hydrogens (tertiary/aromatic N) is 1. The van der Waals surface area contributed by atoms with E-state index < -0.39 is 5.17 Å². The molecule has 0 fully saturated rings. The fourth-order valence-corrected chi connectivity index (χ4v) is 0. The minimum absolute atomic E-state index is 0.296. The molecular formula is C3H6ClNOS. The van der Waals surface area contributed by atoms with Gasteiger partial charge in [0, 0.05) is 0 Å². The van der Waals surface area contributed by atoms with Gasteiger partial charge in [-0.05, 0) is 12.2 Å². The van der Waals surface area contributed by atoms with Gasteiger partial charge in [0.25, 0.3) is 0 Å². The Kier molecular flexibility index (Phi) is 1.98. The van der Waals surface area contributed by atoms with E-state index in [1.807, 2.05) is 0 Å². The molecule has 0 aromatic carbocycles. The normalized spacial score (nSPS) is 11.3. The van der Waals surface area contributed by atoms with E-state index >= 15 is 0 Å². The molecule has 4 heteroatoms.